The van der Waals surface area contributed by atoms with E-state index < -0.39 is 93.7 Å². The van der Waals surface area contributed by atoms with E-state index in [2.05, 4.69) is 0 Å². The van der Waals surface area contributed by atoms with Gasteiger partial charge >= 0.3 is 17.9 Å². The van der Waals surface area contributed by atoms with Gasteiger partial charge in [0.15, 0.2) is 11.4 Å². The molecule has 254 valence electrons. The van der Waals surface area contributed by atoms with Gasteiger partial charge in [-0.15, -0.1) is 0 Å². The molecule has 2 aliphatic heterocycles. The number of hydrogen-bond acceptors (Lipinski definition) is 11. The van der Waals surface area contributed by atoms with Crippen LogP contribution in [0, 0.1) is 63.6 Å². The van der Waals surface area contributed by atoms with Gasteiger partial charge in [0, 0.05) is 47.8 Å². The molecule has 2 saturated heterocycles. The van der Waals surface area contributed by atoms with Crippen molar-refractivity contribution in [1.29, 1.82) is 0 Å². The van der Waals surface area contributed by atoms with Crippen LogP contribution in [0.2, 0.25) is 0 Å². The highest BCUT2D eigenvalue weighted by molar-refractivity contribution is 5.88. The quantitative estimate of drug-likeness (QED) is 0.233. The summed E-state index contributed by atoms with van der Waals surface area (Å²) in [5.41, 5.74) is -5.22. The third kappa shape index (κ3) is 3.80. The summed E-state index contributed by atoms with van der Waals surface area (Å²) in [5.74, 6) is -5.82. The van der Waals surface area contributed by atoms with Crippen molar-refractivity contribution in [3.05, 3.63) is 11.8 Å². The average Bonchev–Trinajstić information content (AvgIpc) is 3.64. The molecule has 2 heterocycles. The lowest BCUT2D eigenvalue weighted by Gasteiger charge is -2.63. The predicted octanol–water partition coefficient (Wildman–Crippen LogP) is 2.33. The Bertz CT molecular complexity index is 1420. The van der Waals surface area contributed by atoms with Crippen molar-refractivity contribution < 1.29 is 53.4 Å². The summed E-state index contributed by atoms with van der Waals surface area (Å²) in [7, 11) is 0. The van der Waals surface area contributed by atoms with E-state index in [4.69, 9.17) is 18.9 Å². The van der Waals surface area contributed by atoms with Gasteiger partial charge in [-0.2, -0.15) is 0 Å². The maximum atomic E-state index is 14.3. The molecule has 0 aromatic heterocycles. The largest absolute Gasteiger partial charge is 0.462 e. The zero-order valence-corrected chi connectivity index (χ0v) is 27.9. The number of ketones is 1. The maximum absolute atomic E-state index is 14.3. The molecule has 0 radical (unpaired) electrons. The van der Waals surface area contributed by atoms with E-state index in [0.717, 1.165) is 0 Å². The predicted molar refractivity (Wildman–Crippen MR) is 159 cm³/mol. The van der Waals surface area contributed by atoms with E-state index in [-0.39, 0.29) is 48.6 Å². The van der Waals surface area contributed by atoms with Gasteiger partial charge < -0.3 is 34.3 Å². The molecule has 4 saturated carbocycles. The Kier molecular flexibility index (Phi) is 6.91. The zero-order valence-electron chi connectivity index (χ0n) is 27.9. The lowest BCUT2D eigenvalue weighted by molar-refractivity contribution is -0.233. The van der Waals surface area contributed by atoms with Gasteiger partial charge in [0.25, 0.3) is 0 Å². The highest BCUT2D eigenvalue weighted by Crippen LogP contribution is 2.75. The molecule has 6 fully saturated rings. The summed E-state index contributed by atoms with van der Waals surface area (Å²) < 4.78 is 24.0. The number of fused-ring (bicyclic) bond motifs is 10. The van der Waals surface area contributed by atoms with E-state index in [1.54, 1.807) is 6.92 Å². The van der Waals surface area contributed by atoms with Crippen molar-refractivity contribution in [2.45, 2.75) is 117 Å². The molecule has 0 spiro atoms. The monoisotopic (exact) mass is 644 g/mol. The number of aliphatic hydroxyl groups excluding tert-OH is 2. The van der Waals surface area contributed by atoms with Crippen LogP contribution in [0.1, 0.15) is 74.7 Å². The highest BCUT2D eigenvalue weighted by atomic mass is 16.6. The van der Waals surface area contributed by atoms with E-state index in [1.807, 2.05) is 40.7 Å². The molecule has 7 rings (SSSR count). The number of rotatable bonds is 4. The molecule has 11 heteroatoms. The van der Waals surface area contributed by atoms with Crippen molar-refractivity contribution in [2.24, 2.45) is 63.6 Å². The van der Waals surface area contributed by atoms with Gasteiger partial charge in [-0.25, -0.2) is 4.79 Å². The summed E-state index contributed by atoms with van der Waals surface area (Å²) >= 11 is 0. The third-order valence-electron chi connectivity index (χ3n) is 14.1. The second kappa shape index (κ2) is 9.86. The number of allylic oxidation sites excluding steroid dienone is 1. The molecular formula is C35H48O11. The molecule has 0 aromatic carbocycles. The molecule has 17 atom stereocenters. The molecule has 5 aliphatic carbocycles. The molecule has 3 N–H and O–H groups in total. The molecule has 7 aliphatic rings. The highest BCUT2D eigenvalue weighted by Gasteiger charge is 2.80. The maximum Gasteiger partial charge on any atom is 0.343 e. The van der Waals surface area contributed by atoms with E-state index >= 15 is 0 Å². The summed E-state index contributed by atoms with van der Waals surface area (Å²) in [6.45, 7) is 14.2. The molecule has 11 nitrogen and oxygen atoms in total. The van der Waals surface area contributed by atoms with Crippen LogP contribution in [0.15, 0.2) is 11.8 Å². The fourth-order valence-electron chi connectivity index (χ4n) is 11.9. The number of hydrogen-bond donors (Lipinski definition) is 3. The first-order valence-electron chi connectivity index (χ1n) is 16.9. The van der Waals surface area contributed by atoms with Crippen LogP contribution in [-0.2, 0) is 38.1 Å². The minimum Gasteiger partial charge on any atom is -0.462 e. The van der Waals surface area contributed by atoms with Crippen LogP contribution in [0.4, 0.5) is 0 Å². The van der Waals surface area contributed by atoms with E-state index in [1.165, 1.54) is 13.8 Å². The molecular weight excluding hydrogens is 596 g/mol. The Morgan fingerprint density at radius 1 is 1.02 bits per heavy atom. The topological polar surface area (TPSA) is 169 Å². The van der Waals surface area contributed by atoms with Gasteiger partial charge in [-0.1, -0.05) is 34.6 Å². The van der Waals surface area contributed by atoms with Crippen molar-refractivity contribution in [3.8, 4) is 0 Å². The Balaban J connectivity index is 1.39. The molecule has 0 unspecified atom stereocenters. The van der Waals surface area contributed by atoms with Crippen molar-refractivity contribution in [2.75, 3.05) is 0 Å². The van der Waals surface area contributed by atoms with Crippen LogP contribution in [-0.4, -0.2) is 81.2 Å². The lowest BCUT2D eigenvalue weighted by Crippen LogP contribution is -2.70. The fraction of sp³-hybridized carbons (Fsp3) is 0.829. The molecule has 0 amide bonds. The minimum atomic E-state index is -1.96. The third-order valence-corrected chi connectivity index (χ3v) is 14.1. The second-order valence-corrected chi connectivity index (χ2v) is 16.7. The number of carbonyl (C=O) groups is 4. The first-order valence-corrected chi connectivity index (χ1v) is 16.9. The van der Waals surface area contributed by atoms with Gasteiger partial charge in [-0.3, -0.25) is 14.4 Å². The number of carbonyl (C=O) groups excluding carboxylic acids is 4. The minimum absolute atomic E-state index is 0.0596. The zero-order chi connectivity index (χ0) is 33.6. The van der Waals surface area contributed by atoms with Crippen LogP contribution >= 0.6 is 0 Å². The molecule has 0 bridgehead atoms. The van der Waals surface area contributed by atoms with E-state index in [9.17, 15) is 34.5 Å². The summed E-state index contributed by atoms with van der Waals surface area (Å²) in [5, 5.41) is 36.3. The SMILES string of the molecule is CC(=O)O[C@H]1C[C@H]2[C@H]([C@@H]3[C@@H](O)[C@@H]4[C@H]([C@H](C)C=C5OC(=O)[C@@](C)(O)[C@@]54C)[C@]31C)[C@@H](O)C(=O)[C@H]1C[C@@H]3O[C@@H]3[C@H](OC(=O)CC(C)C)[C@@]12C. The van der Waals surface area contributed by atoms with Crippen molar-refractivity contribution >= 4 is 23.7 Å². The summed E-state index contributed by atoms with van der Waals surface area (Å²) in [4.78, 5) is 53.2. The molecule has 46 heavy (non-hydrogen) atoms. The Morgan fingerprint density at radius 2 is 1.70 bits per heavy atom. The summed E-state index contributed by atoms with van der Waals surface area (Å²) in [6, 6.07) is 0. The number of esters is 3. The average molecular weight is 645 g/mol. The van der Waals surface area contributed by atoms with Gasteiger partial charge in [-0.05, 0) is 56.4 Å². The second-order valence-electron chi connectivity index (χ2n) is 16.7. The number of Topliss-reactive ketones (excluding diaryl/α,β-unsaturated/α-hetero) is 1. The Morgan fingerprint density at radius 3 is 2.33 bits per heavy atom. The smallest absolute Gasteiger partial charge is 0.343 e. The van der Waals surface area contributed by atoms with Crippen molar-refractivity contribution in [1.82, 2.24) is 0 Å². The van der Waals surface area contributed by atoms with Gasteiger partial charge in [0.05, 0.1) is 17.6 Å². The van der Waals surface area contributed by atoms with Crippen molar-refractivity contribution in [3.63, 3.8) is 0 Å². The first kappa shape index (κ1) is 32.2. The van der Waals surface area contributed by atoms with Gasteiger partial charge in [0.1, 0.15) is 30.2 Å². The van der Waals surface area contributed by atoms with Crippen LogP contribution in [0.3, 0.4) is 0 Å². The van der Waals surface area contributed by atoms with Crippen LogP contribution < -0.4 is 0 Å². The van der Waals surface area contributed by atoms with E-state index in [0.29, 0.717) is 12.2 Å². The first-order chi connectivity index (χ1) is 21.3. The Hall–Kier alpha value is -2.34. The lowest BCUT2D eigenvalue weighted by atomic mass is 9.42. The van der Waals surface area contributed by atoms with Gasteiger partial charge in [0.2, 0.25) is 0 Å². The fourth-order valence-corrected chi connectivity index (χ4v) is 11.9. The number of epoxide rings is 1. The standard InChI is InChI=1S/C35H48O11/c1-13(2)9-21(37)46-30-29-18(44-29)11-17-26(38)27(39)22-16(32(17,30)5)12-19(43-15(4)36)33(6)23-14(3)10-20-34(7,25(23)28(40)24(22)33)35(8,42)31(41)45-20/h10,13-14,16-19,22-25,27-30,39-40,42H,9,11-12H2,1-8H3/t14-,16+,17-,18+,19+,22-,23+,24-,25+,27-,28-,29+,30+,32-,33-,34+,35-/m1/s1. The number of aliphatic hydroxyl groups is 3. The normalized spacial score (nSPS) is 54.7. The van der Waals surface area contributed by atoms with Crippen LogP contribution in [0.5, 0.6) is 0 Å². The molecule has 0 aromatic rings. The Labute approximate surface area is 269 Å². The summed E-state index contributed by atoms with van der Waals surface area (Å²) in [6.07, 6.45) is -2.11. The number of ether oxygens (including phenoxy) is 4. The van der Waals surface area contributed by atoms with Crippen LogP contribution in [0.25, 0.3) is 0 Å².